The maximum atomic E-state index is 13.5. The number of hydrogen-bond donors (Lipinski definition) is 1. The molecule has 33 heavy (non-hydrogen) atoms. The number of piperidine rings is 1. The van der Waals surface area contributed by atoms with Gasteiger partial charge in [-0.1, -0.05) is 46.3 Å². The Hall–Kier alpha value is -2.67. The lowest BCUT2D eigenvalue weighted by Crippen LogP contribution is -2.63. The molecule has 3 aromatic carbocycles. The summed E-state index contributed by atoms with van der Waals surface area (Å²) in [5.74, 6) is 0.712. The van der Waals surface area contributed by atoms with Crippen LogP contribution in [0, 0.1) is 5.82 Å². The van der Waals surface area contributed by atoms with E-state index in [-0.39, 0.29) is 11.9 Å². The van der Waals surface area contributed by atoms with Gasteiger partial charge in [-0.05, 0) is 59.7 Å². The van der Waals surface area contributed by atoms with Crippen LogP contribution in [0.5, 0.6) is 5.75 Å². The van der Waals surface area contributed by atoms with Crippen LogP contribution in [0.15, 0.2) is 83.3 Å². The van der Waals surface area contributed by atoms with Crippen LogP contribution in [0.4, 0.5) is 4.39 Å². The second kappa shape index (κ2) is 8.28. The number of hydrazine groups is 1. The molecule has 6 heteroatoms. The van der Waals surface area contributed by atoms with Gasteiger partial charge in [-0.15, -0.1) is 0 Å². The number of ether oxygens (including phenoxy) is 1. The van der Waals surface area contributed by atoms with E-state index in [1.54, 1.807) is 0 Å². The smallest absolute Gasteiger partial charge is 0.182 e. The minimum absolute atomic E-state index is 0.0481. The Morgan fingerprint density at radius 2 is 1.76 bits per heavy atom. The summed E-state index contributed by atoms with van der Waals surface area (Å²) in [5.41, 5.74) is 7.62. The van der Waals surface area contributed by atoms with Crippen molar-refractivity contribution >= 4 is 21.6 Å². The highest BCUT2D eigenvalue weighted by Gasteiger charge is 2.51. The third-order valence-corrected chi connectivity index (χ3v) is 7.41. The summed E-state index contributed by atoms with van der Waals surface area (Å²) in [6.07, 6.45) is 4.02. The standard InChI is InChI=1S/C27H25BrFN3O/c28-21-8-11-26-23(16-21)25-17-24(20-6-9-22(29)10-7-20)30-32(25)27(33-26)12-14-31(15-13-27)18-19-4-2-1-3-5-19/h1-11,16-17,25,30H,12-15,18H2. The maximum absolute atomic E-state index is 13.5. The lowest BCUT2D eigenvalue weighted by molar-refractivity contribution is -0.160. The van der Waals surface area contributed by atoms with Crippen molar-refractivity contribution < 1.29 is 9.13 Å². The number of nitrogens with one attached hydrogen (secondary N) is 1. The predicted octanol–water partition coefficient (Wildman–Crippen LogP) is 5.88. The number of hydrogen-bond acceptors (Lipinski definition) is 4. The lowest BCUT2D eigenvalue weighted by atomic mass is 9.92. The van der Waals surface area contributed by atoms with E-state index in [1.807, 2.05) is 18.2 Å². The molecule has 1 N–H and O–H groups in total. The van der Waals surface area contributed by atoms with Crippen molar-refractivity contribution in [3.8, 4) is 5.75 Å². The zero-order valence-electron chi connectivity index (χ0n) is 18.2. The van der Waals surface area contributed by atoms with Crippen molar-refractivity contribution in [2.45, 2.75) is 31.2 Å². The van der Waals surface area contributed by atoms with E-state index < -0.39 is 5.72 Å². The summed E-state index contributed by atoms with van der Waals surface area (Å²) < 4.78 is 21.3. The van der Waals surface area contributed by atoms with Crippen LogP contribution in [0.2, 0.25) is 0 Å². The molecule has 0 amide bonds. The molecule has 6 rings (SSSR count). The molecular weight excluding hydrogens is 481 g/mol. The number of halogens is 2. The predicted molar refractivity (Wildman–Crippen MR) is 131 cm³/mol. The molecule has 0 aromatic heterocycles. The molecule has 1 fully saturated rings. The van der Waals surface area contributed by atoms with E-state index in [0.717, 1.165) is 59.5 Å². The van der Waals surface area contributed by atoms with Crippen LogP contribution in [0.1, 0.15) is 35.6 Å². The van der Waals surface area contributed by atoms with Crippen LogP contribution in [-0.2, 0) is 6.54 Å². The zero-order chi connectivity index (χ0) is 22.4. The van der Waals surface area contributed by atoms with E-state index in [1.165, 1.54) is 17.7 Å². The summed E-state index contributed by atoms with van der Waals surface area (Å²) in [7, 11) is 0. The van der Waals surface area contributed by atoms with Gasteiger partial charge in [0.15, 0.2) is 5.72 Å². The topological polar surface area (TPSA) is 27.7 Å². The van der Waals surface area contributed by atoms with Gasteiger partial charge in [0.05, 0.1) is 11.7 Å². The molecule has 0 radical (unpaired) electrons. The van der Waals surface area contributed by atoms with E-state index in [9.17, 15) is 4.39 Å². The number of rotatable bonds is 3. The Labute approximate surface area is 201 Å². The Kier molecular flexibility index (Phi) is 5.24. The average Bonchev–Trinajstić information content (AvgIpc) is 3.29. The molecule has 0 bridgehead atoms. The van der Waals surface area contributed by atoms with Crippen molar-refractivity contribution in [2.24, 2.45) is 0 Å². The summed E-state index contributed by atoms with van der Waals surface area (Å²) in [5, 5.41) is 2.28. The minimum atomic E-state index is -0.434. The van der Waals surface area contributed by atoms with Gasteiger partial charge in [0.25, 0.3) is 0 Å². The van der Waals surface area contributed by atoms with Gasteiger partial charge >= 0.3 is 0 Å². The SMILES string of the molecule is Fc1ccc(C2=CC3c4cc(Br)ccc4OC4(CCN(Cc5ccccc5)CC4)N3N2)cc1. The highest BCUT2D eigenvalue weighted by Crippen LogP contribution is 2.49. The summed E-state index contributed by atoms with van der Waals surface area (Å²) >= 11 is 3.62. The molecule has 1 unspecified atom stereocenters. The average molecular weight is 506 g/mol. The van der Waals surface area contributed by atoms with Gasteiger partial charge in [0.2, 0.25) is 0 Å². The first-order chi connectivity index (χ1) is 16.1. The number of likely N-dealkylation sites (tertiary alicyclic amines) is 1. The number of benzene rings is 3. The number of nitrogens with zero attached hydrogens (tertiary/aromatic N) is 2. The molecule has 3 heterocycles. The van der Waals surface area contributed by atoms with Gasteiger partial charge in [-0.25, -0.2) is 4.39 Å². The van der Waals surface area contributed by atoms with Crippen LogP contribution >= 0.6 is 15.9 Å². The van der Waals surface area contributed by atoms with Gasteiger partial charge in [-0.3, -0.25) is 4.90 Å². The Bertz CT molecular complexity index is 1190. The summed E-state index contributed by atoms with van der Waals surface area (Å²) in [6.45, 7) is 2.87. The molecule has 1 saturated heterocycles. The van der Waals surface area contributed by atoms with Crippen molar-refractivity contribution in [2.75, 3.05) is 13.1 Å². The minimum Gasteiger partial charge on any atom is -0.470 e. The third kappa shape index (κ3) is 3.86. The summed E-state index contributed by atoms with van der Waals surface area (Å²) in [6, 6.07) is 23.6. The lowest BCUT2D eigenvalue weighted by Gasteiger charge is -2.51. The molecule has 1 spiro atoms. The quantitative estimate of drug-likeness (QED) is 0.481. The second-order valence-corrected chi connectivity index (χ2v) is 9.92. The summed E-state index contributed by atoms with van der Waals surface area (Å²) in [4.78, 5) is 2.50. The van der Waals surface area contributed by atoms with E-state index in [0.29, 0.717) is 0 Å². The number of fused-ring (bicyclic) bond motifs is 4. The molecular formula is C27H25BrFN3O. The van der Waals surface area contributed by atoms with E-state index >= 15 is 0 Å². The molecule has 3 aromatic rings. The van der Waals surface area contributed by atoms with Gasteiger partial charge < -0.3 is 10.2 Å². The Morgan fingerprint density at radius 1 is 1.00 bits per heavy atom. The Morgan fingerprint density at radius 3 is 2.52 bits per heavy atom. The molecule has 3 aliphatic rings. The van der Waals surface area contributed by atoms with Crippen molar-refractivity contribution in [3.05, 3.63) is 106 Å². The van der Waals surface area contributed by atoms with E-state index in [2.05, 4.69) is 79.8 Å². The fourth-order valence-electron chi connectivity index (χ4n) is 5.19. The van der Waals surface area contributed by atoms with Crippen molar-refractivity contribution in [1.82, 2.24) is 15.3 Å². The van der Waals surface area contributed by atoms with Crippen molar-refractivity contribution in [3.63, 3.8) is 0 Å². The monoisotopic (exact) mass is 505 g/mol. The fraction of sp³-hybridized carbons (Fsp3) is 0.259. The molecule has 0 saturated carbocycles. The first kappa shape index (κ1) is 20.9. The van der Waals surface area contributed by atoms with Gasteiger partial charge in [0.1, 0.15) is 11.6 Å². The largest absolute Gasteiger partial charge is 0.470 e. The molecule has 3 aliphatic heterocycles. The van der Waals surface area contributed by atoms with Crippen LogP contribution in [0.3, 0.4) is 0 Å². The zero-order valence-corrected chi connectivity index (χ0v) is 19.8. The van der Waals surface area contributed by atoms with Crippen LogP contribution in [0.25, 0.3) is 5.70 Å². The highest BCUT2D eigenvalue weighted by molar-refractivity contribution is 9.10. The normalized spacial score (nSPS) is 21.6. The molecule has 0 aliphatic carbocycles. The molecule has 4 nitrogen and oxygen atoms in total. The highest BCUT2D eigenvalue weighted by atomic mass is 79.9. The van der Waals surface area contributed by atoms with Gasteiger partial charge in [0, 0.05) is 42.5 Å². The fourth-order valence-corrected chi connectivity index (χ4v) is 5.56. The van der Waals surface area contributed by atoms with Crippen molar-refractivity contribution in [1.29, 1.82) is 0 Å². The van der Waals surface area contributed by atoms with E-state index in [4.69, 9.17) is 4.74 Å². The van der Waals surface area contributed by atoms with Gasteiger partial charge in [-0.2, -0.15) is 5.01 Å². The van der Waals surface area contributed by atoms with Crippen LogP contribution in [-0.4, -0.2) is 28.7 Å². The van der Waals surface area contributed by atoms with Crippen LogP contribution < -0.4 is 10.2 Å². The Balaban J connectivity index is 1.29. The first-order valence-corrected chi connectivity index (χ1v) is 12.2. The maximum Gasteiger partial charge on any atom is 0.182 e. The first-order valence-electron chi connectivity index (χ1n) is 11.4. The molecule has 168 valence electrons. The third-order valence-electron chi connectivity index (χ3n) is 6.91. The molecule has 1 atom stereocenters. The second-order valence-electron chi connectivity index (χ2n) is 9.01.